The van der Waals surface area contributed by atoms with Gasteiger partial charge in [0, 0.05) is 11.1 Å². The van der Waals surface area contributed by atoms with E-state index in [0.29, 0.717) is 0 Å². The minimum Gasteiger partial charge on any atom is -0.494 e. The normalized spacial score (nSPS) is 9.19. The summed E-state index contributed by atoms with van der Waals surface area (Å²) in [6.45, 7) is 2.82. The highest BCUT2D eigenvalue weighted by atomic mass is 32.1. The molecule has 0 radical (unpaired) electrons. The molecule has 3 heteroatoms. The molecule has 0 aliphatic carbocycles. The van der Waals surface area contributed by atoms with Crippen molar-refractivity contribution in [3.05, 3.63) is 59.7 Å². The van der Waals surface area contributed by atoms with Gasteiger partial charge in [-0.25, -0.2) is 0 Å². The summed E-state index contributed by atoms with van der Waals surface area (Å²) < 4.78 is 5.54. The van der Waals surface area contributed by atoms with Crippen LogP contribution in [0, 0.1) is 11.8 Å². The summed E-state index contributed by atoms with van der Waals surface area (Å²) in [6, 6.07) is 15.4. The van der Waals surface area contributed by atoms with E-state index in [1.807, 2.05) is 48.5 Å². The van der Waals surface area contributed by atoms with E-state index in [-0.39, 0.29) is 0 Å². The van der Waals surface area contributed by atoms with Gasteiger partial charge in [-0.2, -0.15) is 4.99 Å². The van der Waals surface area contributed by atoms with Crippen LogP contribution in [0.2, 0.25) is 0 Å². The zero-order valence-corrected chi connectivity index (χ0v) is 12.6. The van der Waals surface area contributed by atoms with Gasteiger partial charge in [0.25, 0.3) is 0 Å². The van der Waals surface area contributed by atoms with Crippen molar-refractivity contribution in [2.75, 3.05) is 6.61 Å². The van der Waals surface area contributed by atoms with Crippen LogP contribution in [0.1, 0.15) is 24.5 Å². The third-order valence-corrected chi connectivity index (χ3v) is 2.81. The third-order valence-electron chi connectivity index (χ3n) is 2.72. The van der Waals surface area contributed by atoms with E-state index < -0.39 is 0 Å². The topological polar surface area (TPSA) is 21.6 Å². The average molecular weight is 293 g/mol. The van der Waals surface area contributed by atoms with Gasteiger partial charge in [0.05, 0.1) is 17.5 Å². The summed E-state index contributed by atoms with van der Waals surface area (Å²) in [4.78, 5) is 3.90. The van der Waals surface area contributed by atoms with Gasteiger partial charge in [-0.05, 0) is 67.2 Å². The van der Waals surface area contributed by atoms with Gasteiger partial charge >= 0.3 is 0 Å². The van der Waals surface area contributed by atoms with Crippen molar-refractivity contribution in [1.82, 2.24) is 0 Å². The van der Waals surface area contributed by atoms with Crippen LogP contribution < -0.4 is 4.74 Å². The number of benzene rings is 2. The summed E-state index contributed by atoms with van der Waals surface area (Å²) in [5.41, 5.74) is 2.68. The fourth-order valence-electron chi connectivity index (χ4n) is 1.67. The SMILES string of the molecule is CCCOc1ccc(C#Cc2ccc(N=C=S)cc2)cc1. The Morgan fingerprint density at radius 1 is 0.952 bits per heavy atom. The van der Waals surface area contributed by atoms with Gasteiger partial charge in [0.1, 0.15) is 5.75 Å². The fourth-order valence-corrected chi connectivity index (χ4v) is 1.78. The van der Waals surface area contributed by atoms with Gasteiger partial charge in [0.2, 0.25) is 0 Å². The van der Waals surface area contributed by atoms with Crippen LogP contribution in [-0.4, -0.2) is 11.8 Å². The van der Waals surface area contributed by atoms with Crippen LogP contribution in [0.3, 0.4) is 0 Å². The average Bonchev–Trinajstić information content (AvgIpc) is 2.53. The van der Waals surface area contributed by atoms with E-state index in [4.69, 9.17) is 4.74 Å². The summed E-state index contributed by atoms with van der Waals surface area (Å²) in [5, 5.41) is 2.34. The molecule has 2 nitrogen and oxygen atoms in total. The lowest BCUT2D eigenvalue weighted by Crippen LogP contribution is -1.94. The Morgan fingerprint density at radius 2 is 1.52 bits per heavy atom. The molecule has 0 saturated heterocycles. The molecular formula is C18H15NOS. The molecular weight excluding hydrogens is 278 g/mol. The van der Waals surface area contributed by atoms with Gasteiger partial charge in [-0.15, -0.1) is 0 Å². The molecule has 0 amide bonds. The van der Waals surface area contributed by atoms with Gasteiger partial charge in [0.15, 0.2) is 0 Å². The highest BCUT2D eigenvalue weighted by Crippen LogP contribution is 2.13. The zero-order chi connectivity index (χ0) is 14.9. The second-order valence-corrected chi connectivity index (χ2v) is 4.56. The molecule has 21 heavy (non-hydrogen) atoms. The first kappa shape index (κ1) is 15.0. The van der Waals surface area contributed by atoms with Crippen LogP contribution in [0.5, 0.6) is 5.75 Å². The van der Waals surface area contributed by atoms with Crippen molar-refractivity contribution in [1.29, 1.82) is 0 Å². The molecule has 2 aromatic rings. The van der Waals surface area contributed by atoms with Crippen molar-refractivity contribution in [2.24, 2.45) is 4.99 Å². The van der Waals surface area contributed by atoms with Crippen LogP contribution in [0.15, 0.2) is 53.5 Å². The van der Waals surface area contributed by atoms with Gasteiger partial charge in [-0.3, -0.25) is 0 Å². The predicted molar refractivity (Wildman–Crippen MR) is 89.3 cm³/mol. The molecule has 0 N–H and O–H groups in total. The number of hydrogen-bond acceptors (Lipinski definition) is 3. The van der Waals surface area contributed by atoms with Crippen molar-refractivity contribution >= 4 is 23.1 Å². The molecule has 2 rings (SSSR count). The summed E-state index contributed by atoms with van der Waals surface area (Å²) in [5.74, 6) is 7.12. The maximum atomic E-state index is 5.54. The monoisotopic (exact) mass is 293 g/mol. The molecule has 0 heterocycles. The molecule has 0 aromatic heterocycles. The molecule has 0 saturated carbocycles. The molecule has 0 aliphatic rings. The minimum atomic E-state index is 0.738. The highest BCUT2D eigenvalue weighted by Gasteiger charge is 1.93. The van der Waals surface area contributed by atoms with Crippen LogP contribution in [0.4, 0.5) is 5.69 Å². The quantitative estimate of drug-likeness (QED) is 0.466. The number of isothiocyanates is 1. The Hall–Kier alpha value is -2.40. The lowest BCUT2D eigenvalue weighted by atomic mass is 10.1. The number of nitrogens with zero attached hydrogens (tertiary/aromatic N) is 1. The van der Waals surface area contributed by atoms with Crippen LogP contribution in [0.25, 0.3) is 0 Å². The standard InChI is InChI=1S/C18H15NOS/c1-2-13-20-18-11-7-16(8-12-18)4-3-15-5-9-17(10-6-15)19-14-21/h5-12H,2,13H2,1H3. The maximum Gasteiger partial charge on any atom is 0.119 e. The van der Waals surface area contributed by atoms with Gasteiger partial charge < -0.3 is 4.74 Å². The first-order valence-electron chi connectivity index (χ1n) is 6.74. The van der Waals surface area contributed by atoms with Crippen molar-refractivity contribution in [3.63, 3.8) is 0 Å². The van der Waals surface area contributed by atoms with Crippen molar-refractivity contribution < 1.29 is 4.74 Å². The van der Waals surface area contributed by atoms with Gasteiger partial charge in [-0.1, -0.05) is 18.8 Å². The summed E-state index contributed by atoms with van der Waals surface area (Å²) in [6.07, 6.45) is 1.00. The molecule has 0 atom stereocenters. The Morgan fingerprint density at radius 3 is 2.05 bits per heavy atom. The van der Waals surface area contributed by atoms with Crippen molar-refractivity contribution in [2.45, 2.75) is 13.3 Å². The predicted octanol–water partition coefficient (Wildman–Crippen LogP) is 4.61. The lowest BCUT2D eigenvalue weighted by Gasteiger charge is -2.03. The molecule has 0 aliphatic heterocycles. The summed E-state index contributed by atoms with van der Waals surface area (Å²) >= 11 is 4.56. The molecule has 0 bridgehead atoms. The Bertz CT molecular complexity index is 687. The molecule has 2 aromatic carbocycles. The number of ether oxygens (including phenoxy) is 1. The fraction of sp³-hybridized carbons (Fsp3) is 0.167. The Kier molecular flexibility index (Phi) is 5.72. The number of aliphatic imine (C=N–C) groups is 1. The van der Waals surface area contributed by atoms with Crippen LogP contribution >= 0.6 is 12.2 Å². The first-order valence-corrected chi connectivity index (χ1v) is 7.15. The van der Waals surface area contributed by atoms with E-state index in [2.05, 4.69) is 41.1 Å². The van der Waals surface area contributed by atoms with E-state index in [9.17, 15) is 0 Å². The van der Waals surface area contributed by atoms with E-state index >= 15 is 0 Å². The smallest absolute Gasteiger partial charge is 0.119 e. The Balaban J connectivity index is 2.06. The largest absolute Gasteiger partial charge is 0.494 e. The number of rotatable bonds is 4. The summed E-state index contributed by atoms with van der Waals surface area (Å²) in [7, 11) is 0. The number of hydrogen-bond donors (Lipinski definition) is 0. The zero-order valence-electron chi connectivity index (χ0n) is 11.8. The second kappa shape index (κ2) is 8.01. The molecule has 104 valence electrons. The van der Waals surface area contributed by atoms with E-state index in [0.717, 1.165) is 35.6 Å². The molecule has 0 spiro atoms. The van der Waals surface area contributed by atoms with E-state index in [1.54, 1.807) is 0 Å². The van der Waals surface area contributed by atoms with Crippen LogP contribution in [-0.2, 0) is 0 Å². The van der Waals surface area contributed by atoms with Crippen molar-refractivity contribution in [3.8, 4) is 17.6 Å². The lowest BCUT2D eigenvalue weighted by molar-refractivity contribution is 0.317. The van der Waals surface area contributed by atoms with E-state index in [1.165, 1.54) is 0 Å². The maximum absolute atomic E-state index is 5.54. The second-order valence-electron chi connectivity index (χ2n) is 4.37. The molecule has 0 unspecified atom stereocenters. The third kappa shape index (κ3) is 4.89. The highest BCUT2D eigenvalue weighted by molar-refractivity contribution is 7.78. The minimum absolute atomic E-state index is 0.738. The number of thiocarbonyl (C=S) groups is 1. The first-order chi connectivity index (χ1) is 10.3. The molecule has 0 fully saturated rings. The Labute approximate surface area is 130 Å².